The number of aryl methyl sites for hydroxylation is 1. The van der Waals surface area contributed by atoms with Gasteiger partial charge < -0.3 is 9.64 Å². The highest BCUT2D eigenvalue weighted by Crippen LogP contribution is 2.26. The zero-order valence-electron chi connectivity index (χ0n) is 14.6. The molecule has 0 unspecified atom stereocenters. The lowest BCUT2D eigenvalue weighted by molar-refractivity contribution is -0.125. The number of halogens is 2. The van der Waals surface area contributed by atoms with Gasteiger partial charge in [-0.15, -0.1) is 0 Å². The molecule has 6 heteroatoms. The first-order valence-electron chi connectivity index (χ1n) is 7.71. The summed E-state index contributed by atoms with van der Waals surface area (Å²) >= 11 is 12.2. The maximum Gasteiger partial charge on any atom is 0.246 e. The molecule has 0 aliphatic carbocycles. The fraction of sp³-hybridized carbons (Fsp3) is 0.263. The highest BCUT2D eigenvalue weighted by Gasteiger charge is 2.13. The van der Waals surface area contributed by atoms with Crippen molar-refractivity contribution in [1.82, 2.24) is 9.88 Å². The normalized spacial score (nSPS) is 11.0. The largest absolute Gasteiger partial charge is 0.496 e. The number of carbonyl (C=O) groups is 1. The molecule has 0 aliphatic rings. The number of likely N-dealkylation sites (N-methyl/N-ethyl adjacent to an activating group) is 1. The van der Waals surface area contributed by atoms with Crippen molar-refractivity contribution in [3.8, 4) is 5.75 Å². The summed E-state index contributed by atoms with van der Waals surface area (Å²) in [6.07, 6.45) is 4.83. The number of hydrogen-bond acceptors (Lipinski definition) is 3. The third kappa shape index (κ3) is 4.53. The van der Waals surface area contributed by atoms with Gasteiger partial charge in [0.2, 0.25) is 5.91 Å². The Hall–Kier alpha value is -2.04. The van der Waals surface area contributed by atoms with E-state index < -0.39 is 0 Å². The van der Waals surface area contributed by atoms with Crippen LogP contribution in [0.15, 0.2) is 30.5 Å². The molecule has 132 valence electrons. The van der Waals surface area contributed by atoms with Crippen molar-refractivity contribution in [1.29, 1.82) is 0 Å². The van der Waals surface area contributed by atoms with E-state index in [9.17, 15) is 4.79 Å². The van der Waals surface area contributed by atoms with E-state index in [0.29, 0.717) is 22.2 Å². The van der Waals surface area contributed by atoms with Crippen LogP contribution in [0.4, 0.5) is 0 Å². The lowest BCUT2D eigenvalue weighted by Gasteiger charge is -2.18. The van der Waals surface area contributed by atoms with E-state index in [1.807, 2.05) is 13.8 Å². The molecule has 0 radical (unpaired) electrons. The topological polar surface area (TPSA) is 42.4 Å². The number of hydrogen-bond donors (Lipinski definition) is 0. The summed E-state index contributed by atoms with van der Waals surface area (Å²) in [5.74, 6) is 0.626. The Morgan fingerprint density at radius 2 is 1.92 bits per heavy atom. The maximum absolute atomic E-state index is 12.4. The molecule has 0 bridgehead atoms. The van der Waals surface area contributed by atoms with Crippen molar-refractivity contribution < 1.29 is 9.53 Å². The van der Waals surface area contributed by atoms with Crippen molar-refractivity contribution >= 4 is 35.2 Å². The first kappa shape index (κ1) is 19.3. The molecular weight excluding hydrogens is 359 g/mol. The van der Waals surface area contributed by atoms with Gasteiger partial charge >= 0.3 is 0 Å². The number of nitrogens with zero attached hydrogens (tertiary/aromatic N) is 2. The summed E-state index contributed by atoms with van der Waals surface area (Å²) in [6, 6.07) is 5.22. The third-order valence-corrected chi connectivity index (χ3v) is 4.56. The molecule has 2 aromatic rings. The second-order valence-corrected chi connectivity index (χ2v) is 6.52. The van der Waals surface area contributed by atoms with Crippen molar-refractivity contribution in [2.45, 2.75) is 20.4 Å². The number of benzene rings is 1. The Morgan fingerprint density at radius 1 is 1.28 bits per heavy atom. The average Bonchev–Trinajstić information content (AvgIpc) is 2.57. The molecule has 0 aliphatic heterocycles. The number of pyridine rings is 1. The molecule has 0 saturated heterocycles. The molecule has 0 saturated carbocycles. The molecule has 0 fully saturated rings. The summed E-state index contributed by atoms with van der Waals surface area (Å²) in [5.41, 5.74) is 3.31. The number of ether oxygens (including phenoxy) is 1. The highest BCUT2D eigenvalue weighted by atomic mass is 35.5. The molecule has 0 spiro atoms. The lowest BCUT2D eigenvalue weighted by atomic mass is 10.1. The van der Waals surface area contributed by atoms with Crippen LogP contribution in [0.1, 0.15) is 22.4 Å². The third-order valence-electron chi connectivity index (χ3n) is 3.91. The predicted octanol–water partition coefficient (Wildman–Crippen LogP) is 4.69. The first-order chi connectivity index (χ1) is 11.8. The summed E-state index contributed by atoms with van der Waals surface area (Å²) < 4.78 is 5.40. The summed E-state index contributed by atoms with van der Waals surface area (Å²) in [7, 11) is 3.35. The minimum atomic E-state index is -0.170. The molecule has 4 nitrogen and oxygen atoms in total. The van der Waals surface area contributed by atoms with Crippen molar-refractivity contribution in [2.75, 3.05) is 14.2 Å². The van der Waals surface area contributed by atoms with Gasteiger partial charge in [-0.25, -0.2) is 0 Å². The first-order valence-corrected chi connectivity index (χ1v) is 8.47. The van der Waals surface area contributed by atoms with Crippen LogP contribution in [-0.2, 0) is 11.3 Å². The number of carbonyl (C=O) groups excluding carboxylic acids is 1. The second kappa shape index (κ2) is 8.37. The molecular formula is C19H20Cl2N2O2. The second-order valence-electron chi connectivity index (χ2n) is 5.71. The van der Waals surface area contributed by atoms with Crippen LogP contribution < -0.4 is 4.74 Å². The van der Waals surface area contributed by atoms with E-state index in [0.717, 1.165) is 22.6 Å². The Labute approximate surface area is 158 Å². The van der Waals surface area contributed by atoms with Gasteiger partial charge in [-0.2, -0.15) is 0 Å². The Kier molecular flexibility index (Phi) is 6.45. The van der Waals surface area contributed by atoms with Crippen LogP contribution in [0.5, 0.6) is 5.75 Å². The number of aromatic nitrogens is 1. The monoisotopic (exact) mass is 378 g/mol. The molecule has 0 N–H and O–H groups in total. The SMILES string of the molecule is COc1c(C)cnc(CN(C)C(=O)C=Cc2c(Cl)cccc2Cl)c1C. The maximum atomic E-state index is 12.4. The molecule has 25 heavy (non-hydrogen) atoms. The quantitative estimate of drug-likeness (QED) is 0.708. The van der Waals surface area contributed by atoms with Crippen LogP contribution in [0.2, 0.25) is 10.0 Å². The smallest absolute Gasteiger partial charge is 0.246 e. The van der Waals surface area contributed by atoms with Crippen molar-refractivity contribution in [3.63, 3.8) is 0 Å². The molecule has 1 aromatic carbocycles. The predicted molar refractivity (Wildman–Crippen MR) is 102 cm³/mol. The van der Waals surface area contributed by atoms with Crippen LogP contribution >= 0.6 is 23.2 Å². The zero-order valence-corrected chi connectivity index (χ0v) is 16.1. The van der Waals surface area contributed by atoms with Crippen LogP contribution in [0.25, 0.3) is 6.08 Å². The van der Waals surface area contributed by atoms with Crippen molar-refractivity contribution in [2.24, 2.45) is 0 Å². The van der Waals surface area contributed by atoms with E-state index >= 15 is 0 Å². The molecule has 2 rings (SSSR count). The number of rotatable bonds is 5. The lowest BCUT2D eigenvalue weighted by Crippen LogP contribution is -2.25. The minimum Gasteiger partial charge on any atom is -0.496 e. The van der Waals surface area contributed by atoms with E-state index in [4.69, 9.17) is 27.9 Å². The van der Waals surface area contributed by atoms with Crippen LogP contribution in [0.3, 0.4) is 0 Å². The Morgan fingerprint density at radius 3 is 2.52 bits per heavy atom. The van der Waals surface area contributed by atoms with Gasteiger partial charge in [-0.05, 0) is 32.1 Å². The fourth-order valence-corrected chi connectivity index (χ4v) is 3.01. The van der Waals surface area contributed by atoms with Gasteiger partial charge in [0.25, 0.3) is 0 Å². The summed E-state index contributed by atoms with van der Waals surface area (Å²) in [6.45, 7) is 4.25. The molecule has 0 atom stereocenters. The van der Waals surface area contributed by atoms with Gasteiger partial charge in [-0.1, -0.05) is 29.3 Å². The average molecular weight is 379 g/mol. The zero-order chi connectivity index (χ0) is 18.6. The van der Waals surface area contributed by atoms with Gasteiger partial charge in [0.15, 0.2) is 0 Å². The minimum absolute atomic E-state index is 0.170. The summed E-state index contributed by atoms with van der Waals surface area (Å²) in [5, 5.41) is 1.000. The van der Waals surface area contributed by atoms with Gasteiger partial charge in [0.1, 0.15) is 5.75 Å². The molecule has 1 aromatic heterocycles. The van der Waals surface area contributed by atoms with Gasteiger partial charge in [0.05, 0.1) is 19.3 Å². The van der Waals surface area contributed by atoms with E-state index in [2.05, 4.69) is 4.98 Å². The Balaban J connectivity index is 2.15. The standard InChI is InChI=1S/C19H20Cl2N2O2/c1-12-10-22-17(13(2)19(12)25-4)11-23(3)18(24)9-8-14-15(20)6-5-7-16(14)21/h5-10H,11H2,1-4H3. The van der Waals surface area contributed by atoms with Crippen molar-refractivity contribution in [3.05, 3.63) is 62.9 Å². The van der Waals surface area contributed by atoms with Gasteiger partial charge in [-0.3, -0.25) is 9.78 Å². The summed E-state index contributed by atoms with van der Waals surface area (Å²) in [4.78, 5) is 18.4. The molecule has 1 heterocycles. The number of methoxy groups -OCH3 is 1. The Bertz CT molecular complexity index is 799. The van der Waals surface area contributed by atoms with E-state index in [-0.39, 0.29) is 5.91 Å². The van der Waals surface area contributed by atoms with Gasteiger partial charge in [0, 0.05) is 46.1 Å². The highest BCUT2D eigenvalue weighted by molar-refractivity contribution is 6.37. The molecule has 1 amide bonds. The van der Waals surface area contributed by atoms with E-state index in [1.54, 1.807) is 49.5 Å². The number of amides is 1. The van der Waals surface area contributed by atoms with E-state index in [1.165, 1.54) is 6.08 Å². The fourth-order valence-electron chi connectivity index (χ4n) is 2.48. The van der Waals surface area contributed by atoms with Crippen LogP contribution in [0, 0.1) is 13.8 Å². The van der Waals surface area contributed by atoms with Crippen LogP contribution in [-0.4, -0.2) is 29.9 Å².